The highest BCUT2D eigenvalue weighted by Gasteiger charge is 2.03. The Hall–Kier alpha value is -2.46. The van der Waals surface area contributed by atoms with Crippen LogP contribution >= 0.6 is 0 Å². The third-order valence-electron chi connectivity index (χ3n) is 3.01. The molecule has 0 saturated heterocycles. The molecule has 0 saturated carbocycles. The van der Waals surface area contributed by atoms with Crippen molar-refractivity contribution in [3.8, 4) is 0 Å². The summed E-state index contributed by atoms with van der Waals surface area (Å²) in [5.41, 5.74) is 3.04. The van der Waals surface area contributed by atoms with Crippen LogP contribution in [0.4, 0.5) is 17.1 Å². The molecule has 0 amide bonds. The maximum absolute atomic E-state index is 9.75. The third kappa shape index (κ3) is 5.50. The van der Waals surface area contributed by atoms with Gasteiger partial charge in [-0.1, -0.05) is 24.3 Å². The van der Waals surface area contributed by atoms with Crippen LogP contribution in [-0.2, 0) is 4.74 Å². The summed E-state index contributed by atoms with van der Waals surface area (Å²) in [5, 5.41) is 16.3. The molecule has 22 heavy (non-hydrogen) atoms. The lowest BCUT2D eigenvalue weighted by Crippen LogP contribution is -2.23. The summed E-state index contributed by atoms with van der Waals surface area (Å²) >= 11 is 0. The quantitative estimate of drug-likeness (QED) is 0.650. The number of hydrogen-bond donors (Lipinski definition) is 3. The number of aliphatic hydroxyl groups is 1. The van der Waals surface area contributed by atoms with E-state index < -0.39 is 6.10 Å². The molecule has 2 aromatic rings. The van der Waals surface area contributed by atoms with E-state index in [1.165, 1.54) is 0 Å². The molecule has 0 heterocycles. The molecular formula is C18H22N2O2. The Kier molecular flexibility index (Phi) is 6.33. The second kappa shape index (κ2) is 8.74. The number of rotatable bonds is 8. The summed E-state index contributed by atoms with van der Waals surface area (Å²) < 4.78 is 5.14. The van der Waals surface area contributed by atoms with Crippen LogP contribution < -0.4 is 10.6 Å². The highest BCUT2D eigenvalue weighted by atomic mass is 16.5. The number of allylic oxidation sites excluding steroid dienone is 1. The van der Waals surface area contributed by atoms with E-state index in [2.05, 4.69) is 10.6 Å². The Bertz CT molecular complexity index is 567. The number of aliphatic hydroxyl groups excluding tert-OH is 1. The Labute approximate surface area is 131 Å². The molecule has 0 aliphatic carbocycles. The molecule has 0 radical (unpaired) electrons. The van der Waals surface area contributed by atoms with Crippen LogP contribution in [-0.4, -0.2) is 24.4 Å². The van der Waals surface area contributed by atoms with Crippen molar-refractivity contribution in [1.29, 1.82) is 0 Å². The van der Waals surface area contributed by atoms with Gasteiger partial charge in [-0.25, -0.2) is 0 Å². The van der Waals surface area contributed by atoms with Gasteiger partial charge in [0.05, 0.1) is 6.26 Å². The number of hydrogen-bond acceptors (Lipinski definition) is 4. The second-order valence-electron chi connectivity index (χ2n) is 4.91. The van der Waals surface area contributed by atoms with E-state index >= 15 is 0 Å². The monoisotopic (exact) mass is 298 g/mol. The molecule has 0 aromatic heterocycles. The van der Waals surface area contributed by atoms with Crippen LogP contribution in [0.2, 0.25) is 0 Å². The second-order valence-corrected chi connectivity index (χ2v) is 4.91. The fourth-order valence-corrected chi connectivity index (χ4v) is 1.92. The first-order chi connectivity index (χ1) is 10.8. The highest BCUT2D eigenvalue weighted by molar-refractivity contribution is 5.62. The Morgan fingerprint density at radius 1 is 1.00 bits per heavy atom. The van der Waals surface area contributed by atoms with E-state index in [4.69, 9.17) is 4.74 Å². The van der Waals surface area contributed by atoms with Gasteiger partial charge in [0, 0.05) is 23.6 Å². The zero-order valence-corrected chi connectivity index (χ0v) is 12.7. The summed E-state index contributed by atoms with van der Waals surface area (Å²) in [4.78, 5) is 0. The molecule has 4 nitrogen and oxygen atoms in total. The van der Waals surface area contributed by atoms with Crippen LogP contribution in [0.15, 0.2) is 66.9 Å². The first-order valence-electron chi connectivity index (χ1n) is 7.35. The molecule has 1 atom stereocenters. The van der Waals surface area contributed by atoms with E-state index in [0.29, 0.717) is 6.54 Å². The van der Waals surface area contributed by atoms with Gasteiger partial charge in [0.2, 0.25) is 0 Å². The van der Waals surface area contributed by atoms with E-state index in [0.717, 1.165) is 17.1 Å². The van der Waals surface area contributed by atoms with E-state index in [-0.39, 0.29) is 6.61 Å². The topological polar surface area (TPSA) is 53.5 Å². The minimum Gasteiger partial charge on any atom is -0.499 e. The first-order valence-corrected chi connectivity index (χ1v) is 7.35. The van der Waals surface area contributed by atoms with Crippen LogP contribution in [0.5, 0.6) is 0 Å². The van der Waals surface area contributed by atoms with Crippen molar-refractivity contribution >= 4 is 17.1 Å². The van der Waals surface area contributed by atoms with Crippen LogP contribution in [0.3, 0.4) is 0 Å². The molecule has 2 rings (SSSR count). The maximum atomic E-state index is 9.75. The summed E-state index contributed by atoms with van der Waals surface area (Å²) in [7, 11) is 0. The molecule has 0 spiro atoms. The number of ether oxygens (including phenoxy) is 1. The van der Waals surface area contributed by atoms with Gasteiger partial charge < -0.3 is 20.5 Å². The van der Waals surface area contributed by atoms with Crippen molar-refractivity contribution in [3.63, 3.8) is 0 Å². The van der Waals surface area contributed by atoms with Crippen LogP contribution in [0.25, 0.3) is 0 Å². The zero-order chi connectivity index (χ0) is 15.6. The minimum atomic E-state index is -0.543. The standard InChI is InChI=1S/C18H22N2O2/c1-2-12-22-14-18(21)13-19-15-8-10-17(11-9-15)20-16-6-4-3-5-7-16/h2-12,18-21H,13-14H2,1H3. The van der Waals surface area contributed by atoms with Crippen LogP contribution in [0, 0.1) is 0 Å². The van der Waals surface area contributed by atoms with Gasteiger partial charge in [-0.3, -0.25) is 0 Å². The number of para-hydroxylation sites is 1. The summed E-state index contributed by atoms with van der Waals surface area (Å²) in [6, 6.07) is 18.0. The van der Waals surface area contributed by atoms with E-state index in [9.17, 15) is 5.11 Å². The van der Waals surface area contributed by atoms with Gasteiger partial charge in [-0.2, -0.15) is 0 Å². The van der Waals surface area contributed by atoms with Gasteiger partial charge >= 0.3 is 0 Å². The van der Waals surface area contributed by atoms with Crippen molar-refractivity contribution in [2.24, 2.45) is 0 Å². The summed E-state index contributed by atoms with van der Waals surface area (Å²) in [5.74, 6) is 0. The van der Waals surface area contributed by atoms with Gasteiger partial charge in [-0.15, -0.1) is 0 Å². The lowest BCUT2D eigenvalue weighted by Gasteiger charge is -2.13. The normalized spacial score (nSPS) is 12.1. The van der Waals surface area contributed by atoms with Crippen molar-refractivity contribution in [3.05, 3.63) is 66.9 Å². The number of anilines is 3. The lowest BCUT2D eigenvalue weighted by atomic mass is 10.2. The molecule has 2 aromatic carbocycles. The lowest BCUT2D eigenvalue weighted by molar-refractivity contribution is 0.0931. The fourth-order valence-electron chi connectivity index (χ4n) is 1.92. The first kappa shape index (κ1) is 15.9. The summed E-state index contributed by atoms with van der Waals surface area (Å²) in [6.45, 7) is 2.60. The SMILES string of the molecule is CC=COCC(O)CNc1ccc(Nc2ccccc2)cc1. The largest absolute Gasteiger partial charge is 0.499 e. The predicted octanol–water partition coefficient (Wildman–Crippen LogP) is 3.75. The molecule has 3 N–H and O–H groups in total. The van der Waals surface area contributed by atoms with Crippen LogP contribution in [0.1, 0.15) is 6.92 Å². The Morgan fingerprint density at radius 3 is 2.32 bits per heavy atom. The average molecular weight is 298 g/mol. The van der Waals surface area contributed by atoms with Gasteiger partial charge in [0.15, 0.2) is 0 Å². The molecule has 116 valence electrons. The molecular weight excluding hydrogens is 276 g/mol. The number of benzene rings is 2. The van der Waals surface area contributed by atoms with E-state index in [1.54, 1.807) is 12.3 Å². The maximum Gasteiger partial charge on any atom is 0.115 e. The fraction of sp³-hybridized carbons (Fsp3) is 0.222. The van der Waals surface area contributed by atoms with Gasteiger partial charge in [0.1, 0.15) is 12.7 Å². The average Bonchev–Trinajstić information content (AvgIpc) is 2.55. The molecule has 4 heteroatoms. The van der Waals surface area contributed by atoms with E-state index in [1.807, 2.05) is 61.5 Å². The summed E-state index contributed by atoms with van der Waals surface area (Å²) in [6.07, 6.45) is 2.82. The van der Waals surface area contributed by atoms with Crippen molar-refractivity contribution in [1.82, 2.24) is 0 Å². The molecule has 0 fully saturated rings. The molecule has 1 unspecified atom stereocenters. The smallest absolute Gasteiger partial charge is 0.115 e. The molecule has 0 bridgehead atoms. The van der Waals surface area contributed by atoms with Gasteiger partial charge in [0.25, 0.3) is 0 Å². The Morgan fingerprint density at radius 2 is 1.64 bits per heavy atom. The Balaban J connectivity index is 1.79. The minimum absolute atomic E-state index is 0.283. The predicted molar refractivity (Wildman–Crippen MR) is 91.4 cm³/mol. The number of nitrogens with one attached hydrogen (secondary N) is 2. The highest BCUT2D eigenvalue weighted by Crippen LogP contribution is 2.18. The van der Waals surface area contributed by atoms with Crippen molar-refractivity contribution in [2.45, 2.75) is 13.0 Å². The molecule has 0 aliphatic heterocycles. The van der Waals surface area contributed by atoms with Crippen molar-refractivity contribution in [2.75, 3.05) is 23.8 Å². The molecule has 0 aliphatic rings. The zero-order valence-electron chi connectivity index (χ0n) is 12.7. The van der Waals surface area contributed by atoms with Gasteiger partial charge in [-0.05, 0) is 43.3 Å². The third-order valence-corrected chi connectivity index (χ3v) is 3.01. The van der Waals surface area contributed by atoms with Crippen molar-refractivity contribution < 1.29 is 9.84 Å².